The number of aliphatic imine (C=N–C) groups is 2. The van der Waals surface area contributed by atoms with Gasteiger partial charge in [-0.1, -0.05) is 152 Å². The summed E-state index contributed by atoms with van der Waals surface area (Å²) in [5.74, 6) is 1.28. The van der Waals surface area contributed by atoms with Gasteiger partial charge in [0, 0.05) is 43.9 Å². The highest BCUT2D eigenvalue weighted by Crippen LogP contribution is 2.41. The Bertz CT molecular complexity index is 4060. The predicted molar refractivity (Wildman–Crippen MR) is 268 cm³/mol. The first-order chi connectivity index (χ1) is 32.2. The van der Waals surface area contributed by atoms with Gasteiger partial charge in [-0.3, -0.25) is 0 Å². The average Bonchev–Trinajstić information content (AvgIpc) is 4.03. The zero-order valence-electron chi connectivity index (χ0n) is 34.9. The number of hydrogen-bond acceptors (Lipinski definition) is 5. The topological polar surface area (TPSA) is 68.0 Å². The number of hydrogen-bond donors (Lipinski definition) is 1. The van der Waals surface area contributed by atoms with Crippen LogP contribution < -0.4 is 5.32 Å². The van der Waals surface area contributed by atoms with Crippen LogP contribution >= 0.6 is 0 Å². The lowest BCUT2D eigenvalue weighted by atomic mass is 10.0. The smallest absolute Gasteiger partial charge is 0.163 e. The maximum Gasteiger partial charge on any atom is 0.163 e. The molecule has 0 radical (unpaired) electrons. The third-order valence-electron chi connectivity index (χ3n) is 13.2. The van der Waals surface area contributed by atoms with E-state index >= 15 is 0 Å². The van der Waals surface area contributed by atoms with Crippen LogP contribution in [0, 0.1) is 0 Å². The number of rotatable bonds is 5. The normalized spacial score (nSPS) is 14.3. The minimum atomic E-state index is -0.474. The minimum Gasteiger partial charge on any atom is -0.456 e. The molecule has 3 aromatic heterocycles. The summed E-state index contributed by atoms with van der Waals surface area (Å²) >= 11 is 0. The van der Waals surface area contributed by atoms with Gasteiger partial charge in [0.05, 0.1) is 22.3 Å². The molecule has 0 saturated carbocycles. The van der Waals surface area contributed by atoms with Crippen LogP contribution in [0.3, 0.4) is 0 Å². The lowest BCUT2D eigenvalue weighted by Gasteiger charge is -2.25. The number of aromatic nitrogens is 1. The van der Waals surface area contributed by atoms with E-state index in [4.69, 9.17) is 18.8 Å². The van der Waals surface area contributed by atoms with Crippen molar-refractivity contribution >= 4 is 98.9 Å². The number of fused-ring (bicyclic) bond motifs is 11. The van der Waals surface area contributed by atoms with Crippen molar-refractivity contribution in [2.24, 2.45) is 9.98 Å². The highest BCUT2D eigenvalue weighted by atomic mass is 16.3. The molecule has 0 bridgehead atoms. The fourth-order valence-corrected chi connectivity index (χ4v) is 10.1. The molecular formula is C59H36N4O2. The molecule has 1 unspecified atom stereocenters. The number of nitrogens with zero attached hydrogens (tertiary/aromatic N) is 3. The molecule has 1 N–H and O–H groups in total. The lowest BCUT2D eigenvalue weighted by Crippen LogP contribution is -2.34. The molecule has 13 aromatic rings. The largest absolute Gasteiger partial charge is 0.456 e. The van der Waals surface area contributed by atoms with E-state index < -0.39 is 6.17 Å². The zero-order valence-corrected chi connectivity index (χ0v) is 34.9. The molecule has 1 aliphatic rings. The maximum atomic E-state index is 6.69. The molecule has 10 aromatic carbocycles. The van der Waals surface area contributed by atoms with Crippen molar-refractivity contribution in [2.45, 2.75) is 6.17 Å². The molecule has 0 fully saturated rings. The Morgan fingerprint density at radius 2 is 0.985 bits per heavy atom. The van der Waals surface area contributed by atoms with E-state index in [1.807, 2.05) is 30.3 Å². The van der Waals surface area contributed by atoms with Crippen molar-refractivity contribution in [1.82, 2.24) is 9.88 Å². The monoisotopic (exact) mass is 832 g/mol. The summed E-state index contributed by atoms with van der Waals surface area (Å²) in [6, 6.07) is 72.9. The molecule has 304 valence electrons. The number of nitrogens with one attached hydrogen (secondary N) is 1. The molecule has 0 amide bonds. The van der Waals surface area contributed by atoms with E-state index in [-0.39, 0.29) is 0 Å². The predicted octanol–water partition coefficient (Wildman–Crippen LogP) is 15.1. The Morgan fingerprint density at radius 1 is 0.415 bits per heavy atom. The van der Waals surface area contributed by atoms with Crippen LogP contribution in [-0.4, -0.2) is 16.2 Å². The Hall–Kier alpha value is -8.74. The Balaban J connectivity index is 1.06. The lowest BCUT2D eigenvalue weighted by molar-refractivity contribution is 0.663. The average molecular weight is 833 g/mol. The minimum absolute atomic E-state index is 0.474. The van der Waals surface area contributed by atoms with Crippen molar-refractivity contribution in [1.29, 1.82) is 0 Å². The van der Waals surface area contributed by atoms with Gasteiger partial charge >= 0.3 is 0 Å². The summed E-state index contributed by atoms with van der Waals surface area (Å²) in [6.07, 6.45) is -0.474. The Morgan fingerprint density at radius 3 is 1.68 bits per heavy atom. The van der Waals surface area contributed by atoms with E-state index in [0.717, 1.165) is 88.4 Å². The third-order valence-corrected chi connectivity index (χ3v) is 13.2. The molecule has 0 aliphatic carbocycles. The second-order valence-electron chi connectivity index (χ2n) is 17.0. The van der Waals surface area contributed by atoms with E-state index in [0.29, 0.717) is 11.7 Å². The third kappa shape index (κ3) is 5.60. The van der Waals surface area contributed by atoms with Crippen LogP contribution in [0.25, 0.3) is 104 Å². The summed E-state index contributed by atoms with van der Waals surface area (Å²) in [5.41, 5.74) is 11.4. The van der Waals surface area contributed by atoms with Crippen LogP contribution in [0.5, 0.6) is 0 Å². The van der Waals surface area contributed by atoms with Gasteiger partial charge < -0.3 is 18.7 Å². The van der Waals surface area contributed by atoms with Gasteiger partial charge in [0.2, 0.25) is 0 Å². The van der Waals surface area contributed by atoms with Crippen molar-refractivity contribution in [3.8, 4) is 16.8 Å². The Kier molecular flexibility index (Phi) is 7.65. The van der Waals surface area contributed by atoms with E-state index in [2.05, 4.69) is 186 Å². The van der Waals surface area contributed by atoms with Crippen LogP contribution in [0.1, 0.15) is 22.9 Å². The summed E-state index contributed by atoms with van der Waals surface area (Å²) < 4.78 is 15.7. The molecular weight excluding hydrogens is 797 g/mol. The molecule has 1 atom stereocenters. The van der Waals surface area contributed by atoms with E-state index in [1.54, 1.807) is 0 Å². The van der Waals surface area contributed by atoms with E-state index in [1.165, 1.54) is 32.3 Å². The molecule has 1 aliphatic heterocycles. The SMILES string of the molecule is c1ccc(-c2ccc(C3N=C(c4cccc5c4oc4ccccc45)N=C(c4cc5c(cc4-n4c6cc7ccccc7cc6c6cc7ccccc7cc64)oc4ccccc45)N3)cc2)cc1. The summed E-state index contributed by atoms with van der Waals surface area (Å²) in [7, 11) is 0. The summed E-state index contributed by atoms with van der Waals surface area (Å²) in [5, 5.41) is 15.1. The fourth-order valence-electron chi connectivity index (χ4n) is 10.1. The zero-order chi connectivity index (χ0) is 42.6. The highest BCUT2D eigenvalue weighted by Gasteiger charge is 2.28. The standard InChI is InChI=1S/C59H36N4O2/c1-2-13-35(14-3-1)36-25-27-37(28-26-36)57-60-58(45-22-12-21-44-42-19-8-11-24-54(42)65-56(44)45)62-59(61-57)49-33-48-43-20-9-10-23-53(43)64-55(48)34-52(49)63-50-31-40-17-6-4-15-38(40)29-46(50)47-30-39-16-5-7-18-41(39)32-51(47)63/h1-34,57H,(H,60,61,62). The van der Waals surface area contributed by atoms with Gasteiger partial charge in [-0.15, -0.1) is 0 Å². The summed E-state index contributed by atoms with van der Waals surface area (Å²) in [6.45, 7) is 0. The van der Waals surface area contributed by atoms with Gasteiger partial charge in [0.25, 0.3) is 0 Å². The van der Waals surface area contributed by atoms with E-state index in [9.17, 15) is 0 Å². The second-order valence-corrected chi connectivity index (χ2v) is 17.0. The first-order valence-corrected chi connectivity index (χ1v) is 22.0. The molecule has 0 saturated heterocycles. The van der Waals surface area contributed by atoms with Crippen molar-refractivity contribution in [3.05, 3.63) is 223 Å². The molecule has 65 heavy (non-hydrogen) atoms. The second kappa shape index (κ2) is 13.9. The molecule has 4 heterocycles. The van der Waals surface area contributed by atoms with Gasteiger partial charge in [-0.25, -0.2) is 9.98 Å². The van der Waals surface area contributed by atoms with Crippen molar-refractivity contribution in [3.63, 3.8) is 0 Å². The number of furan rings is 2. The van der Waals surface area contributed by atoms with Crippen LogP contribution in [0.4, 0.5) is 0 Å². The highest BCUT2D eigenvalue weighted by molar-refractivity contribution is 6.23. The fraction of sp³-hybridized carbons (Fsp3) is 0.0169. The van der Waals surface area contributed by atoms with Gasteiger partial charge in [0.1, 0.15) is 34.3 Å². The van der Waals surface area contributed by atoms with Crippen molar-refractivity contribution in [2.75, 3.05) is 0 Å². The Labute approximate surface area is 372 Å². The van der Waals surface area contributed by atoms with Crippen molar-refractivity contribution < 1.29 is 8.83 Å². The first kappa shape index (κ1) is 35.8. The quantitative estimate of drug-likeness (QED) is 0.188. The molecule has 14 rings (SSSR count). The first-order valence-electron chi connectivity index (χ1n) is 22.0. The molecule has 6 nitrogen and oxygen atoms in total. The van der Waals surface area contributed by atoms with Crippen LogP contribution in [-0.2, 0) is 0 Å². The van der Waals surface area contributed by atoms with Gasteiger partial charge in [-0.2, -0.15) is 0 Å². The number of para-hydroxylation sites is 3. The molecule has 0 spiro atoms. The van der Waals surface area contributed by atoms with Gasteiger partial charge in [0.15, 0.2) is 5.84 Å². The van der Waals surface area contributed by atoms with Gasteiger partial charge in [-0.05, 0) is 86.8 Å². The van der Waals surface area contributed by atoms with Crippen LogP contribution in [0.2, 0.25) is 0 Å². The van der Waals surface area contributed by atoms with Crippen LogP contribution in [0.15, 0.2) is 225 Å². The number of benzene rings is 10. The molecule has 6 heteroatoms. The maximum absolute atomic E-state index is 6.69. The summed E-state index contributed by atoms with van der Waals surface area (Å²) in [4.78, 5) is 11.0. The number of amidine groups is 2.